The molecule has 0 radical (unpaired) electrons. The summed E-state index contributed by atoms with van der Waals surface area (Å²) in [5.74, 6) is -0.410. The Labute approximate surface area is 87.7 Å². The van der Waals surface area contributed by atoms with Crippen LogP contribution in [0.2, 0.25) is 0 Å². The second-order valence-electron chi connectivity index (χ2n) is 3.76. The average Bonchev–Trinajstić information content (AvgIpc) is 2.97. The van der Waals surface area contributed by atoms with Crippen molar-refractivity contribution in [3.63, 3.8) is 0 Å². The lowest BCUT2D eigenvalue weighted by Crippen LogP contribution is -1.94. The van der Waals surface area contributed by atoms with Gasteiger partial charge in [0.1, 0.15) is 5.75 Å². The van der Waals surface area contributed by atoms with Crippen LogP contribution in [-0.2, 0) is 4.79 Å². The number of hydrogen-bond acceptors (Lipinski definition) is 2. The lowest BCUT2D eigenvalue weighted by atomic mass is 10.0. The highest BCUT2D eigenvalue weighted by molar-refractivity contribution is 5.91. The molecule has 1 fully saturated rings. The minimum absolute atomic E-state index is 0.171. The quantitative estimate of drug-likeness (QED) is 0.742. The van der Waals surface area contributed by atoms with Crippen molar-refractivity contribution in [1.29, 1.82) is 0 Å². The average molecular weight is 204 g/mol. The highest BCUT2D eigenvalue weighted by Gasteiger charge is 2.27. The molecular formula is C12H12O3. The summed E-state index contributed by atoms with van der Waals surface area (Å²) in [5, 5.41) is 18.1. The molecule has 15 heavy (non-hydrogen) atoms. The third kappa shape index (κ3) is 2.37. The highest BCUT2D eigenvalue weighted by atomic mass is 16.4. The molecule has 0 aromatic heterocycles. The summed E-state index contributed by atoms with van der Waals surface area (Å²) in [4.78, 5) is 10.7. The molecule has 1 aliphatic carbocycles. The number of phenols is 1. The molecule has 0 spiro atoms. The summed E-state index contributed by atoms with van der Waals surface area (Å²) in [6, 6.07) is 6.73. The van der Waals surface area contributed by atoms with Gasteiger partial charge in [0.2, 0.25) is 0 Å². The Kier molecular flexibility index (Phi) is 2.46. The van der Waals surface area contributed by atoms with Gasteiger partial charge in [0.05, 0.1) is 0 Å². The molecule has 0 amide bonds. The van der Waals surface area contributed by atoms with Crippen molar-refractivity contribution in [2.45, 2.75) is 12.8 Å². The minimum atomic E-state index is -0.930. The number of phenolic OH excluding ortho intramolecular Hbond substituents is 1. The monoisotopic (exact) mass is 204 g/mol. The predicted molar refractivity (Wildman–Crippen MR) is 56.4 cm³/mol. The Morgan fingerprint density at radius 2 is 2.13 bits per heavy atom. The van der Waals surface area contributed by atoms with Gasteiger partial charge in [-0.25, -0.2) is 4.79 Å². The van der Waals surface area contributed by atoms with Gasteiger partial charge in [-0.1, -0.05) is 12.1 Å². The number of allylic oxidation sites excluding steroid dienone is 1. The molecule has 1 aliphatic rings. The van der Waals surface area contributed by atoms with Crippen LogP contribution in [0.3, 0.4) is 0 Å². The van der Waals surface area contributed by atoms with Gasteiger partial charge in [-0.15, -0.1) is 0 Å². The first-order chi connectivity index (χ1) is 7.16. The molecule has 3 nitrogen and oxygen atoms in total. The number of rotatable bonds is 3. The van der Waals surface area contributed by atoms with Crippen molar-refractivity contribution in [1.82, 2.24) is 0 Å². The van der Waals surface area contributed by atoms with E-state index >= 15 is 0 Å². The predicted octanol–water partition coefficient (Wildman–Crippen LogP) is 2.27. The zero-order valence-electron chi connectivity index (χ0n) is 8.18. The first-order valence-corrected chi connectivity index (χ1v) is 4.91. The Bertz CT molecular complexity index is 417. The van der Waals surface area contributed by atoms with Gasteiger partial charge in [-0.05, 0) is 42.0 Å². The number of hydrogen-bond donors (Lipinski definition) is 2. The Morgan fingerprint density at radius 3 is 2.67 bits per heavy atom. The summed E-state index contributed by atoms with van der Waals surface area (Å²) in [5.41, 5.74) is 1.62. The summed E-state index contributed by atoms with van der Waals surface area (Å²) in [6.07, 6.45) is 3.32. The molecule has 0 aliphatic heterocycles. The van der Waals surface area contributed by atoms with Crippen molar-refractivity contribution in [3.8, 4) is 5.75 Å². The first kappa shape index (κ1) is 9.77. The van der Waals surface area contributed by atoms with Crippen molar-refractivity contribution >= 4 is 11.5 Å². The smallest absolute Gasteiger partial charge is 0.328 e. The number of carboxylic acid groups (broad SMARTS) is 1. The zero-order chi connectivity index (χ0) is 10.8. The van der Waals surface area contributed by atoms with Gasteiger partial charge in [0, 0.05) is 6.08 Å². The van der Waals surface area contributed by atoms with Crippen LogP contribution < -0.4 is 0 Å². The van der Waals surface area contributed by atoms with Gasteiger partial charge >= 0.3 is 5.97 Å². The number of benzene rings is 1. The number of carbonyl (C=O) groups is 1. The van der Waals surface area contributed by atoms with E-state index in [1.165, 1.54) is 6.08 Å². The van der Waals surface area contributed by atoms with Crippen LogP contribution in [0.5, 0.6) is 5.75 Å². The fourth-order valence-electron chi connectivity index (χ4n) is 1.65. The third-order valence-corrected chi connectivity index (χ3v) is 2.48. The summed E-state index contributed by atoms with van der Waals surface area (Å²) in [6.45, 7) is 0. The Hall–Kier alpha value is -1.77. The van der Waals surface area contributed by atoms with Gasteiger partial charge in [-0.3, -0.25) is 0 Å². The van der Waals surface area contributed by atoms with Gasteiger partial charge in [-0.2, -0.15) is 0 Å². The highest BCUT2D eigenvalue weighted by Crippen LogP contribution is 2.42. The van der Waals surface area contributed by atoms with Crippen molar-refractivity contribution < 1.29 is 15.0 Å². The van der Waals surface area contributed by atoms with Crippen molar-refractivity contribution in [3.05, 3.63) is 35.9 Å². The number of carboxylic acids is 1. The normalized spacial score (nSPS) is 16.4. The minimum Gasteiger partial charge on any atom is -0.508 e. The first-order valence-electron chi connectivity index (χ1n) is 4.91. The molecule has 2 rings (SSSR count). The zero-order valence-corrected chi connectivity index (χ0v) is 8.18. The number of aliphatic carboxylic acids is 1. The summed E-state index contributed by atoms with van der Waals surface area (Å²) < 4.78 is 0. The topological polar surface area (TPSA) is 57.5 Å². The van der Waals surface area contributed by atoms with Crippen molar-refractivity contribution in [2.75, 3.05) is 0 Å². The van der Waals surface area contributed by atoms with Crippen LogP contribution in [0.15, 0.2) is 30.3 Å². The summed E-state index contributed by atoms with van der Waals surface area (Å²) in [7, 11) is 0. The third-order valence-electron chi connectivity index (χ3n) is 2.48. The van der Waals surface area contributed by atoms with Gasteiger partial charge < -0.3 is 10.2 Å². The molecule has 0 saturated heterocycles. The molecule has 0 unspecified atom stereocenters. The van der Waals surface area contributed by atoms with E-state index in [4.69, 9.17) is 5.11 Å². The second kappa shape index (κ2) is 3.77. The maximum absolute atomic E-state index is 10.7. The molecule has 0 bridgehead atoms. The summed E-state index contributed by atoms with van der Waals surface area (Å²) >= 11 is 0. The standard InChI is InChI=1S/C12H12O3/c13-10-3-1-2-9(6-10)11(7-12(14)15)8-4-5-8/h1-3,6-8,13H,4-5H2,(H,14,15)/b11-7-. The molecule has 78 valence electrons. The maximum atomic E-state index is 10.7. The van der Waals surface area contributed by atoms with E-state index in [0.717, 1.165) is 24.0 Å². The lowest BCUT2D eigenvalue weighted by molar-refractivity contribution is -0.131. The fraction of sp³-hybridized carbons (Fsp3) is 0.250. The van der Waals surface area contributed by atoms with Crippen LogP contribution in [0.1, 0.15) is 18.4 Å². The number of aromatic hydroxyl groups is 1. The van der Waals surface area contributed by atoms with E-state index in [1.807, 2.05) is 6.07 Å². The van der Waals surface area contributed by atoms with E-state index in [-0.39, 0.29) is 5.75 Å². The van der Waals surface area contributed by atoms with Crippen LogP contribution >= 0.6 is 0 Å². The maximum Gasteiger partial charge on any atom is 0.328 e. The lowest BCUT2D eigenvalue weighted by Gasteiger charge is -2.05. The molecule has 1 saturated carbocycles. The molecule has 1 aromatic carbocycles. The molecular weight excluding hydrogens is 192 g/mol. The van der Waals surface area contributed by atoms with E-state index in [2.05, 4.69) is 0 Å². The van der Waals surface area contributed by atoms with Crippen molar-refractivity contribution in [2.24, 2.45) is 5.92 Å². The Morgan fingerprint density at radius 1 is 1.40 bits per heavy atom. The van der Waals surface area contributed by atoms with Crippen LogP contribution in [0, 0.1) is 5.92 Å². The Balaban J connectivity index is 2.36. The van der Waals surface area contributed by atoms with Gasteiger partial charge in [0.25, 0.3) is 0 Å². The van der Waals surface area contributed by atoms with Gasteiger partial charge in [0.15, 0.2) is 0 Å². The van der Waals surface area contributed by atoms with Crippen LogP contribution in [-0.4, -0.2) is 16.2 Å². The van der Waals surface area contributed by atoms with E-state index in [9.17, 15) is 9.90 Å². The van der Waals surface area contributed by atoms with Crippen LogP contribution in [0.4, 0.5) is 0 Å². The van der Waals surface area contributed by atoms with E-state index in [0.29, 0.717) is 5.92 Å². The molecule has 3 heteroatoms. The second-order valence-corrected chi connectivity index (χ2v) is 3.76. The molecule has 0 heterocycles. The largest absolute Gasteiger partial charge is 0.508 e. The molecule has 2 N–H and O–H groups in total. The fourth-order valence-corrected chi connectivity index (χ4v) is 1.65. The SMILES string of the molecule is O=C(O)/C=C(\c1cccc(O)c1)C1CC1. The van der Waals surface area contributed by atoms with E-state index in [1.54, 1.807) is 18.2 Å². The molecule has 0 atom stereocenters. The van der Waals surface area contributed by atoms with E-state index < -0.39 is 5.97 Å². The molecule has 1 aromatic rings. The van der Waals surface area contributed by atoms with Crippen LogP contribution in [0.25, 0.3) is 5.57 Å².